The van der Waals surface area contributed by atoms with Gasteiger partial charge in [-0.2, -0.15) is 0 Å². The van der Waals surface area contributed by atoms with E-state index < -0.39 is 17.5 Å². The molecule has 0 aliphatic heterocycles. The van der Waals surface area contributed by atoms with Crippen LogP contribution in [0.2, 0.25) is 0 Å². The molecule has 0 atom stereocenters. The molecule has 0 bridgehead atoms. The molecule has 0 aromatic heterocycles. The number of aryl methyl sites for hydroxylation is 1. The van der Waals surface area contributed by atoms with Crippen LogP contribution in [-0.4, -0.2) is 12.5 Å². The van der Waals surface area contributed by atoms with Crippen molar-refractivity contribution < 1.29 is 18.4 Å². The van der Waals surface area contributed by atoms with Crippen LogP contribution in [0.1, 0.15) is 22.8 Å². The van der Waals surface area contributed by atoms with Crippen LogP contribution in [0.5, 0.6) is 0 Å². The van der Waals surface area contributed by atoms with Crippen LogP contribution in [0.3, 0.4) is 0 Å². The van der Waals surface area contributed by atoms with E-state index in [9.17, 15) is 13.6 Å². The summed E-state index contributed by atoms with van der Waals surface area (Å²) in [6, 6.07) is 7.51. The number of halogens is 3. The average molecular weight is 456 g/mol. The summed E-state index contributed by atoms with van der Waals surface area (Å²) in [5, 5.41) is 2.80. The number of rotatable bonds is 5. The Kier molecular flexibility index (Phi) is 6.73. The van der Waals surface area contributed by atoms with Crippen LogP contribution < -0.4 is 10.8 Å². The lowest BCUT2D eigenvalue weighted by Crippen LogP contribution is -2.25. The van der Waals surface area contributed by atoms with Crippen molar-refractivity contribution in [1.82, 2.24) is 5.48 Å². The Labute approximate surface area is 158 Å². The zero-order chi connectivity index (χ0) is 18.4. The van der Waals surface area contributed by atoms with E-state index in [0.29, 0.717) is 5.69 Å². The topological polar surface area (TPSA) is 50.4 Å². The molecule has 0 heterocycles. The lowest BCUT2D eigenvalue weighted by atomic mass is 10.1. The molecule has 0 saturated heterocycles. The van der Waals surface area contributed by atoms with Gasteiger partial charge in [0.05, 0.1) is 11.3 Å². The third-order valence-corrected chi connectivity index (χ3v) is 3.94. The first kappa shape index (κ1) is 19.1. The molecular weight excluding hydrogens is 441 g/mol. The number of anilines is 2. The SMILES string of the molecule is CC#CCONC(=O)c1ccc(F)c(F)c1Nc1ccc(I)cc1C. The predicted octanol–water partition coefficient (Wildman–Crippen LogP) is 4.31. The van der Waals surface area contributed by atoms with E-state index >= 15 is 0 Å². The minimum absolute atomic E-state index is 0.00902. The van der Waals surface area contributed by atoms with Crippen molar-refractivity contribution in [3.63, 3.8) is 0 Å². The van der Waals surface area contributed by atoms with E-state index in [-0.39, 0.29) is 17.9 Å². The highest BCUT2D eigenvalue weighted by Gasteiger charge is 2.19. The number of hydroxylamine groups is 1. The Morgan fingerprint density at radius 2 is 2.04 bits per heavy atom. The van der Waals surface area contributed by atoms with Gasteiger partial charge in [-0.25, -0.2) is 14.3 Å². The first-order valence-electron chi connectivity index (χ1n) is 7.27. The number of carbonyl (C=O) groups excluding carboxylic acids is 1. The van der Waals surface area contributed by atoms with Gasteiger partial charge < -0.3 is 5.32 Å². The maximum atomic E-state index is 14.3. The second-order valence-corrected chi connectivity index (χ2v) is 6.26. The summed E-state index contributed by atoms with van der Waals surface area (Å²) in [4.78, 5) is 17.1. The summed E-state index contributed by atoms with van der Waals surface area (Å²) in [6.07, 6.45) is 0. The molecule has 0 unspecified atom stereocenters. The minimum Gasteiger partial charge on any atom is -0.352 e. The van der Waals surface area contributed by atoms with Gasteiger partial charge in [-0.1, -0.05) is 5.92 Å². The van der Waals surface area contributed by atoms with Crippen LogP contribution in [-0.2, 0) is 4.84 Å². The minimum atomic E-state index is -1.14. The highest BCUT2D eigenvalue weighted by Crippen LogP contribution is 2.28. The highest BCUT2D eigenvalue weighted by atomic mass is 127. The van der Waals surface area contributed by atoms with E-state index in [4.69, 9.17) is 4.84 Å². The van der Waals surface area contributed by atoms with E-state index in [1.54, 1.807) is 13.0 Å². The van der Waals surface area contributed by atoms with Crippen molar-refractivity contribution in [3.05, 3.63) is 56.7 Å². The molecule has 0 fully saturated rings. The molecule has 1 amide bonds. The molecule has 2 rings (SSSR count). The maximum absolute atomic E-state index is 14.3. The number of amides is 1. The standard InChI is InChI=1S/C18H15F2IN2O2/c1-3-4-9-25-23-18(24)13-6-7-14(19)16(20)17(13)22-15-8-5-12(21)10-11(15)2/h5-8,10,22H,9H2,1-2H3,(H,23,24). The molecule has 0 aliphatic rings. The van der Waals surface area contributed by atoms with E-state index in [1.807, 2.05) is 19.1 Å². The largest absolute Gasteiger partial charge is 0.352 e. The number of benzene rings is 2. The van der Waals surface area contributed by atoms with Gasteiger partial charge in [0.2, 0.25) is 0 Å². The Morgan fingerprint density at radius 3 is 2.72 bits per heavy atom. The summed E-state index contributed by atoms with van der Waals surface area (Å²) in [7, 11) is 0. The molecule has 2 N–H and O–H groups in total. The van der Waals surface area contributed by atoms with Gasteiger partial charge >= 0.3 is 0 Å². The quantitative estimate of drug-likeness (QED) is 0.305. The number of hydrogen-bond donors (Lipinski definition) is 2. The third-order valence-electron chi connectivity index (χ3n) is 3.27. The lowest BCUT2D eigenvalue weighted by molar-refractivity contribution is 0.0438. The second-order valence-electron chi connectivity index (χ2n) is 5.01. The van der Waals surface area contributed by atoms with Gasteiger partial charge in [0.25, 0.3) is 5.91 Å². The highest BCUT2D eigenvalue weighted by molar-refractivity contribution is 14.1. The van der Waals surface area contributed by atoms with Crippen molar-refractivity contribution in [1.29, 1.82) is 0 Å². The van der Waals surface area contributed by atoms with Crippen LogP contribution in [0.4, 0.5) is 20.2 Å². The van der Waals surface area contributed by atoms with E-state index in [0.717, 1.165) is 15.2 Å². The number of nitrogens with one attached hydrogen (secondary N) is 2. The van der Waals surface area contributed by atoms with Gasteiger partial charge in [0.1, 0.15) is 6.61 Å². The van der Waals surface area contributed by atoms with Crippen LogP contribution >= 0.6 is 22.6 Å². The van der Waals surface area contributed by atoms with E-state index in [1.165, 1.54) is 6.07 Å². The summed E-state index contributed by atoms with van der Waals surface area (Å²) >= 11 is 2.15. The fraction of sp³-hybridized carbons (Fsp3) is 0.167. The van der Waals surface area contributed by atoms with Crippen LogP contribution in [0.25, 0.3) is 0 Å². The summed E-state index contributed by atoms with van der Waals surface area (Å²) in [5.74, 6) is 2.31. The predicted molar refractivity (Wildman–Crippen MR) is 100 cm³/mol. The molecule has 0 radical (unpaired) electrons. The fourth-order valence-electron chi connectivity index (χ4n) is 2.03. The first-order chi connectivity index (χ1) is 11.9. The summed E-state index contributed by atoms with van der Waals surface area (Å²) in [5.41, 5.74) is 3.22. The number of carbonyl (C=O) groups is 1. The Hall–Kier alpha value is -2.18. The number of hydrogen-bond acceptors (Lipinski definition) is 3. The Bertz CT molecular complexity index is 860. The van der Waals surface area contributed by atoms with Gasteiger partial charge in [0, 0.05) is 9.26 Å². The zero-order valence-electron chi connectivity index (χ0n) is 13.5. The molecule has 2 aromatic rings. The van der Waals surface area contributed by atoms with Crippen molar-refractivity contribution >= 4 is 39.9 Å². The monoisotopic (exact) mass is 456 g/mol. The van der Waals surface area contributed by atoms with Gasteiger partial charge in [0.15, 0.2) is 11.6 Å². The molecule has 4 nitrogen and oxygen atoms in total. The lowest BCUT2D eigenvalue weighted by Gasteiger charge is -2.15. The molecule has 0 aliphatic carbocycles. The summed E-state index contributed by atoms with van der Waals surface area (Å²) < 4.78 is 28.9. The molecule has 2 aromatic carbocycles. The summed E-state index contributed by atoms with van der Waals surface area (Å²) in [6.45, 7) is 3.45. The zero-order valence-corrected chi connectivity index (χ0v) is 15.7. The molecule has 25 heavy (non-hydrogen) atoms. The first-order valence-corrected chi connectivity index (χ1v) is 8.34. The van der Waals surface area contributed by atoms with Gasteiger partial charge in [-0.15, -0.1) is 5.92 Å². The van der Waals surface area contributed by atoms with Crippen molar-refractivity contribution in [2.45, 2.75) is 13.8 Å². The fourth-order valence-corrected chi connectivity index (χ4v) is 2.68. The normalized spacial score (nSPS) is 9.96. The Morgan fingerprint density at radius 1 is 1.28 bits per heavy atom. The smallest absolute Gasteiger partial charge is 0.277 e. The van der Waals surface area contributed by atoms with Crippen molar-refractivity contribution in [2.75, 3.05) is 11.9 Å². The Balaban J connectivity index is 2.33. The second kappa shape index (κ2) is 8.78. The van der Waals surface area contributed by atoms with Crippen molar-refractivity contribution in [3.8, 4) is 11.8 Å². The van der Waals surface area contributed by atoms with Gasteiger partial charge in [-0.3, -0.25) is 9.63 Å². The van der Waals surface area contributed by atoms with Crippen LogP contribution in [0.15, 0.2) is 30.3 Å². The average Bonchev–Trinajstić information content (AvgIpc) is 2.58. The molecule has 130 valence electrons. The maximum Gasteiger partial charge on any atom is 0.277 e. The van der Waals surface area contributed by atoms with Gasteiger partial charge in [-0.05, 0) is 72.3 Å². The molecule has 0 saturated carbocycles. The molecule has 0 spiro atoms. The van der Waals surface area contributed by atoms with E-state index in [2.05, 4.69) is 45.2 Å². The third kappa shape index (κ3) is 4.90. The molecular formula is C18H15F2IN2O2. The van der Waals surface area contributed by atoms with Crippen molar-refractivity contribution in [2.24, 2.45) is 0 Å². The molecule has 7 heteroatoms. The van der Waals surface area contributed by atoms with Crippen LogP contribution in [0, 0.1) is 34.0 Å².